The maximum absolute atomic E-state index is 12.1. The first-order chi connectivity index (χ1) is 12.6. The fourth-order valence-corrected chi connectivity index (χ4v) is 3.67. The molecule has 2 N–H and O–H groups in total. The van der Waals surface area contributed by atoms with Crippen molar-refractivity contribution in [3.8, 4) is 0 Å². The molecule has 0 saturated carbocycles. The number of benzene rings is 2. The molecule has 3 rings (SSSR count). The summed E-state index contributed by atoms with van der Waals surface area (Å²) in [7, 11) is 0. The first-order valence-electron chi connectivity index (χ1n) is 9.02. The van der Waals surface area contributed by atoms with Crippen LogP contribution in [0.2, 0.25) is 0 Å². The van der Waals surface area contributed by atoms with Gasteiger partial charge >= 0.3 is 5.97 Å². The van der Waals surface area contributed by atoms with Crippen molar-refractivity contribution in [3.05, 3.63) is 64.7 Å². The third-order valence-corrected chi connectivity index (χ3v) is 4.97. The summed E-state index contributed by atoms with van der Waals surface area (Å²) in [4.78, 5) is 12.1. The molecule has 0 saturated heterocycles. The molecule has 136 valence electrons. The summed E-state index contributed by atoms with van der Waals surface area (Å²) >= 11 is 5.53. The van der Waals surface area contributed by atoms with Crippen LogP contribution in [0.5, 0.6) is 0 Å². The molecule has 1 atom stereocenters. The van der Waals surface area contributed by atoms with E-state index in [-0.39, 0.29) is 12.0 Å². The number of carbonyl (C=O) groups excluding carboxylic acids is 1. The summed E-state index contributed by atoms with van der Waals surface area (Å²) in [5.74, 6) is -0.311. The lowest BCUT2D eigenvalue weighted by atomic mass is 9.88. The maximum Gasteiger partial charge on any atom is 0.338 e. The Labute approximate surface area is 160 Å². The zero-order valence-corrected chi connectivity index (χ0v) is 16.0. The second-order valence-electron chi connectivity index (χ2n) is 6.44. The van der Waals surface area contributed by atoms with E-state index < -0.39 is 0 Å². The molecular weight excluding hydrogens is 344 g/mol. The number of fused-ring (bicyclic) bond motifs is 1. The van der Waals surface area contributed by atoms with Crippen molar-refractivity contribution in [2.24, 2.45) is 0 Å². The highest BCUT2D eigenvalue weighted by Gasteiger charge is 2.20. The Kier molecular flexibility index (Phi) is 5.89. The highest BCUT2D eigenvalue weighted by Crippen LogP contribution is 2.29. The van der Waals surface area contributed by atoms with Crippen molar-refractivity contribution in [2.45, 2.75) is 39.2 Å². The van der Waals surface area contributed by atoms with Gasteiger partial charge in [-0.1, -0.05) is 30.3 Å². The minimum Gasteiger partial charge on any atom is -0.462 e. The number of ether oxygens (including phenoxy) is 1. The van der Waals surface area contributed by atoms with Crippen LogP contribution in [-0.2, 0) is 11.2 Å². The molecule has 26 heavy (non-hydrogen) atoms. The standard InChI is InChI=1S/C21H24N2O2S/c1-3-25-20(24)16-11-7-12-18(14(16)2)22-21(26)23-19-13-6-9-15-8-4-5-10-17(15)19/h4-5,7-8,10-12,19H,3,6,9,13H2,1-2H3,(H2,22,23,26). The molecule has 0 heterocycles. The van der Waals surface area contributed by atoms with E-state index in [0.29, 0.717) is 17.3 Å². The smallest absolute Gasteiger partial charge is 0.338 e. The number of carbonyl (C=O) groups is 1. The third-order valence-electron chi connectivity index (χ3n) is 4.75. The summed E-state index contributed by atoms with van der Waals surface area (Å²) in [6.45, 7) is 4.06. The summed E-state index contributed by atoms with van der Waals surface area (Å²) in [5, 5.41) is 7.23. The van der Waals surface area contributed by atoms with Crippen molar-refractivity contribution in [2.75, 3.05) is 11.9 Å². The average Bonchev–Trinajstić information content (AvgIpc) is 2.64. The predicted molar refractivity (Wildman–Crippen MR) is 109 cm³/mol. The van der Waals surface area contributed by atoms with Gasteiger partial charge in [0.2, 0.25) is 0 Å². The van der Waals surface area contributed by atoms with Crippen LogP contribution < -0.4 is 10.6 Å². The Morgan fingerprint density at radius 3 is 2.85 bits per heavy atom. The molecule has 4 nitrogen and oxygen atoms in total. The minimum atomic E-state index is -0.311. The molecule has 1 aliphatic rings. The highest BCUT2D eigenvalue weighted by atomic mass is 32.1. The van der Waals surface area contributed by atoms with Gasteiger partial charge in [0.15, 0.2) is 5.11 Å². The van der Waals surface area contributed by atoms with Gasteiger partial charge in [-0.15, -0.1) is 0 Å². The molecule has 0 aromatic heterocycles. The molecule has 0 radical (unpaired) electrons. The number of esters is 1. The van der Waals surface area contributed by atoms with Crippen molar-refractivity contribution in [3.63, 3.8) is 0 Å². The van der Waals surface area contributed by atoms with E-state index >= 15 is 0 Å². The van der Waals surface area contributed by atoms with E-state index in [2.05, 4.69) is 34.9 Å². The van der Waals surface area contributed by atoms with Gasteiger partial charge < -0.3 is 15.4 Å². The lowest BCUT2D eigenvalue weighted by Gasteiger charge is -2.27. The second kappa shape index (κ2) is 8.32. The van der Waals surface area contributed by atoms with Crippen molar-refractivity contribution >= 4 is 29.0 Å². The van der Waals surface area contributed by atoms with E-state index in [1.807, 2.05) is 19.1 Å². The van der Waals surface area contributed by atoms with Crippen LogP contribution in [0.25, 0.3) is 0 Å². The fraction of sp³-hybridized carbons (Fsp3) is 0.333. The zero-order valence-electron chi connectivity index (χ0n) is 15.2. The molecule has 1 aliphatic carbocycles. The van der Waals surface area contributed by atoms with Crippen LogP contribution >= 0.6 is 12.2 Å². The molecular formula is C21H24N2O2S. The van der Waals surface area contributed by atoms with Crippen molar-refractivity contribution < 1.29 is 9.53 Å². The Balaban J connectivity index is 1.72. The Morgan fingerprint density at radius 2 is 2.04 bits per heavy atom. The molecule has 0 bridgehead atoms. The van der Waals surface area contributed by atoms with E-state index in [9.17, 15) is 4.79 Å². The minimum absolute atomic E-state index is 0.216. The van der Waals surface area contributed by atoms with Gasteiger partial charge in [-0.05, 0) is 74.2 Å². The summed E-state index contributed by atoms with van der Waals surface area (Å²) in [6.07, 6.45) is 3.32. The normalized spacial score (nSPS) is 15.7. The number of rotatable bonds is 4. The molecule has 5 heteroatoms. The number of nitrogens with one attached hydrogen (secondary N) is 2. The predicted octanol–water partition coefficient (Wildman–Crippen LogP) is 4.54. The molecule has 0 aliphatic heterocycles. The van der Waals surface area contributed by atoms with Gasteiger partial charge in [-0.25, -0.2) is 4.79 Å². The first kappa shape index (κ1) is 18.4. The highest BCUT2D eigenvalue weighted by molar-refractivity contribution is 7.80. The van der Waals surface area contributed by atoms with Gasteiger partial charge in [0, 0.05) is 5.69 Å². The topological polar surface area (TPSA) is 50.4 Å². The molecule has 1 unspecified atom stereocenters. The summed E-state index contributed by atoms with van der Waals surface area (Å²) in [6, 6.07) is 14.2. The Hall–Kier alpha value is -2.40. The number of hydrogen-bond donors (Lipinski definition) is 2. The van der Waals surface area contributed by atoms with E-state index in [1.165, 1.54) is 11.1 Å². The SMILES string of the molecule is CCOC(=O)c1cccc(NC(=S)NC2CCCc3ccccc32)c1C. The maximum atomic E-state index is 12.1. The fourth-order valence-electron chi connectivity index (χ4n) is 3.42. The average molecular weight is 369 g/mol. The molecule has 2 aromatic rings. The number of anilines is 1. The summed E-state index contributed by atoms with van der Waals surface area (Å²) < 4.78 is 5.11. The lowest BCUT2D eigenvalue weighted by Crippen LogP contribution is -2.34. The van der Waals surface area contributed by atoms with E-state index in [4.69, 9.17) is 17.0 Å². The zero-order chi connectivity index (χ0) is 18.5. The Morgan fingerprint density at radius 1 is 1.23 bits per heavy atom. The monoisotopic (exact) mass is 368 g/mol. The molecule has 0 spiro atoms. The number of hydrogen-bond acceptors (Lipinski definition) is 3. The lowest BCUT2D eigenvalue weighted by molar-refractivity contribution is 0.0525. The van der Waals surface area contributed by atoms with Gasteiger partial charge in [-0.3, -0.25) is 0 Å². The van der Waals surface area contributed by atoms with Crippen LogP contribution in [-0.4, -0.2) is 17.7 Å². The van der Waals surface area contributed by atoms with Crippen LogP contribution in [0.3, 0.4) is 0 Å². The van der Waals surface area contributed by atoms with Crippen LogP contribution in [0.15, 0.2) is 42.5 Å². The van der Waals surface area contributed by atoms with Crippen LogP contribution in [0.4, 0.5) is 5.69 Å². The quantitative estimate of drug-likeness (QED) is 0.613. The third kappa shape index (κ3) is 4.05. The molecule has 0 amide bonds. The summed E-state index contributed by atoms with van der Waals surface area (Å²) in [5.41, 5.74) is 4.92. The van der Waals surface area contributed by atoms with Gasteiger partial charge in [0.1, 0.15) is 0 Å². The molecule has 0 fully saturated rings. The van der Waals surface area contributed by atoms with Gasteiger partial charge in [0.25, 0.3) is 0 Å². The van der Waals surface area contributed by atoms with Crippen LogP contribution in [0, 0.1) is 6.92 Å². The van der Waals surface area contributed by atoms with Gasteiger partial charge in [0.05, 0.1) is 18.2 Å². The molecule has 2 aromatic carbocycles. The van der Waals surface area contributed by atoms with E-state index in [0.717, 1.165) is 30.5 Å². The Bertz CT molecular complexity index is 819. The number of thiocarbonyl (C=S) groups is 1. The van der Waals surface area contributed by atoms with Crippen LogP contribution in [0.1, 0.15) is 52.9 Å². The second-order valence-corrected chi connectivity index (χ2v) is 6.85. The number of aryl methyl sites for hydroxylation is 1. The van der Waals surface area contributed by atoms with Crippen molar-refractivity contribution in [1.82, 2.24) is 5.32 Å². The van der Waals surface area contributed by atoms with Crippen molar-refractivity contribution in [1.29, 1.82) is 0 Å². The largest absolute Gasteiger partial charge is 0.462 e. The first-order valence-corrected chi connectivity index (χ1v) is 9.43. The van der Waals surface area contributed by atoms with Gasteiger partial charge in [-0.2, -0.15) is 0 Å². The van der Waals surface area contributed by atoms with E-state index in [1.54, 1.807) is 13.0 Å².